The van der Waals surface area contributed by atoms with E-state index in [1.165, 1.54) is 15.8 Å². The van der Waals surface area contributed by atoms with E-state index in [9.17, 15) is 22.8 Å². The SMILES string of the molecule is Cc1nc2cc(-n3ncc(C(=O)c4cc5cc(C(=O)N6CCN(CC(F)(F)F)CC6)ccc5[nH]4)c3N)ccc2[nH]1. The molecular weight excluding hydrogens is 525 g/mol. The number of nitrogens with two attached hydrogens (primary N) is 1. The number of alkyl halides is 3. The van der Waals surface area contributed by atoms with Crippen molar-refractivity contribution in [2.45, 2.75) is 13.1 Å². The number of piperazine rings is 1. The Morgan fingerprint density at radius 1 is 1.00 bits per heavy atom. The monoisotopic (exact) mass is 550 g/mol. The lowest BCUT2D eigenvalue weighted by molar-refractivity contribution is -0.148. The Morgan fingerprint density at radius 2 is 1.75 bits per heavy atom. The highest BCUT2D eigenvalue weighted by molar-refractivity contribution is 6.13. The Bertz CT molecular complexity index is 1760. The number of nitrogens with one attached hydrogen (secondary N) is 2. The molecule has 0 aliphatic carbocycles. The van der Waals surface area contributed by atoms with Crippen molar-refractivity contribution >= 4 is 39.4 Å². The van der Waals surface area contributed by atoms with Gasteiger partial charge in [0.2, 0.25) is 5.78 Å². The quantitative estimate of drug-likeness (QED) is 0.287. The molecule has 1 fully saturated rings. The van der Waals surface area contributed by atoms with E-state index < -0.39 is 12.7 Å². The minimum absolute atomic E-state index is 0.153. The van der Waals surface area contributed by atoms with E-state index in [0.717, 1.165) is 16.9 Å². The zero-order valence-corrected chi connectivity index (χ0v) is 21.4. The molecule has 0 atom stereocenters. The van der Waals surface area contributed by atoms with Crippen LogP contribution in [-0.2, 0) is 0 Å². The molecule has 13 heteroatoms. The second-order valence-corrected chi connectivity index (χ2v) is 9.88. The molecule has 0 saturated carbocycles. The summed E-state index contributed by atoms with van der Waals surface area (Å²) >= 11 is 0. The van der Waals surface area contributed by atoms with E-state index in [1.807, 2.05) is 25.1 Å². The van der Waals surface area contributed by atoms with Gasteiger partial charge >= 0.3 is 6.18 Å². The number of anilines is 1. The number of rotatable bonds is 5. The molecule has 40 heavy (non-hydrogen) atoms. The van der Waals surface area contributed by atoms with Crippen LogP contribution in [0.4, 0.5) is 19.0 Å². The lowest BCUT2D eigenvalue weighted by Crippen LogP contribution is -2.50. The summed E-state index contributed by atoms with van der Waals surface area (Å²) in [5.74, 6) is 0.335. The highest BCUT2D eigenvalue weighted by Crippen LogP contribution is 2.25. The van der Waals surface area contributed by atoms with Gasteiger partial charge in [-0.2, -0.15) is 18.3 Å². The Balaban J connectivity index is 1.20. The Kier molecular flexibility index (Phi) is 6.10. The normalized spacial score (nSPS) is 14.8. The summed E-state index contributed by atoms with van der Waals surface area (Å²) in [5, 5.41) is 4.97. The first-order valence-electron chi connectivity index (χ1n) is 12.6. The van der Waals surface area contributed by atoms with Crippen molar-refractivity contribution in [2.75, 3.05) is 38.5 Å². The van der Waals surface area contributed by atoms with Crippen LogP contribution in [0.2, 0.25) is 0 Å². The molecule has 5 aromatic rings. The van der Waals surface area contributed by atoms with E-state index in [2.05, 4.69) is 20.1 Å². The number of benzene rings is 2. The molecule has 6 rings (SSSR count). The average molecular weight is 551 g/mol. The van der Waals surface area contributed by atoms with Crippen LogP contribution in [0.1, 0.15) is 32.2 Å². The van der Waals surface area contributed by atoms with Crippen LogP contribution in [0.15, 0.2) is 48.7 Å². The van der Waals surface area contributed by atoms with Gasteiger partial charge in [-0.1, -0.05) is 0 Å². The molecule has 1 aliphatic heterocycles. The third-order valence-electron chi connectivity index (χ3n) is 7.06. The number of carbonyl (C=O) groups excluding carboxylic acids is 2. The van der Waals surface area contributed by atoms with Crippen LogP contribution in [-0.4, -0.2) is 85.1 Å². The summed E-state index contributed by atoms with van der Waals surface area (Å²) in [6.07, 6.45) is -2.85. The van der Waals surface area contributed by atoms with Crippen LogP contribution in [0, 0.1) is 6.92 Å². The zero-order chi connectivity index (χ0) is 28.2. The van der Waals surface area contributed by atoms with Gasteiger partial charge in [-0.15, -0.1) is 0 Å². The summed E-state index contributed by atoms with van der Waals surface area (Å²) < 4.78 is 39.5. The fourth-order valence-corrected chi connectivity index (χ4v) is 5.07. The van der Waals surface area contributed by atoms with Gasteiger partial charge in [0.1, 0.15) is 11.6 Å². The number of halogens is 3. The summed E-state index contributed by atoms with van der Waals surface area (Å²) in [6.45, 7) is 1.60. The minimum Gasteiger partial charge on any atom is -0.383 e. The van der Waals surface area contributed by atoms with Crippen LogP contribution >= 0.6 is 0 Å². The number of imidazole rings is 1. The Morgan fingerprint density at radius 3 is 2.50 bits per heavy atom. The lowest BCUT2D eigenvalue weighted by atomic mass is 10.1. The van der Waals surface area contributed by atoms with Crippen LogP contribution in [0.3, 0.4) is 0 Å². The maximum atomic E-state index is 13.4. The van der Waals surface area contributed by atoms with Gasteiger partial charge in [-0.25, -0.2) is 9.67 Å². The highest BCUT2D eigenvalue weighted by Gasteiger charge is 2.33. The number of nitrogens with zero attached hydrogens (tertiary/aromatic N) is 5. The standard InChI is InChI=1S/C27H25F3N8O2/c1-15-33-21-5-3-18(12-22(21)34-15)38-25(31)19(13-32-38)24(39)23-11-17-10-16(2-4-20(17)35-23)26(40)37-8-6-36(7-9-37)14-27(28,29)30/h2-5,10-13,35H,6-9,14,31H2,1H3,(H,33,34). The summed E-state index contributed by atoms with van der Waals surface area (Å²) in [7, 11) is 0. The topological polar surface area (TPSA) is 129 Å². The number of hydrogen-bond donors (Lipinski definition) is 3. The number of ketones is 1. The molecule has 10 nitrogen and oxygen atoms in total. The minimum atomic E-state index is -4.27. The van der Waals surface area contributed by atoms with Gasteiger partial charge in [-0.3, -0.25) is 14.5 Å². The number of amides is 1. The van der Waals surface area contributed by atoms with E-state index >= 15 is 0 Å². The number of aryl methyl sites for hydroxylation is 1. The first-order chi connectivity index (χ1) is 19.1. The molecule has 206 valence electrons. The Hall–Kier alpha value is -4.65. The van der Waals surface area contributed by atoms with Crippen molar-refractivity contribution in [3.8, 4) is 5.69 Å². The molecule has 0 spiro atoms. The van der Waals surface area contributed by atoms with Crippen LogP contribution in [0.25, 0.3) is 27.6 Å². The first-order valence-corrected chi connectivity index (χ1v) is 12.6. The molecule has 1 saturated heterocycles. The van der Waals surface area contributed by atoms with Crippen LogP contribution < -0.4 is 5.73 Å². The Labute approximate surface area is 225 Å². The largest absolute Gasteiger partial charge is 0.401 e. The van der Waals surface area contributed by atoms with E-state index in [4.69, 9.17) is 5.73 Å². The van der Waals surface area contributed by atoms with E-state index in [1.54, 1.807) is 29.2 Å². The van der Waals surface area contributed by atoms with Gasteiger partial charge in [0.15, 0.2) is 0 Å². The van der Waals surface area contributed by atoms with E-state index in [-0.39, 0.29) is 54.9 Å². The molecule has 1 aliphatic rings. The van der Waals surface area contributed by atoms with Crippen molar-refractivity contribution in [1.29, 1.82) is 0 Å². The van der Waals surface area contributed by atoms with Gasteiger partial charge in [-0.05, 0) is 49.4 Å². The van der Waals surface area contributed by atoms with E-state index in [0.29, 0.717) is 22.2 Å². The van der Waals surface area contributed by atoms with Gasteiger partial charge < -0.3 is 20.6 Å². The average Bonchev–Trinajstić information content (AvgIpc) is 3.62. The molecule has 4 N–H and O–H groups in total. The van der Waals surface area contributed by atoms with Crippen molar-refractivity contribution in [3.63, 3.8) is 0 Å². The number of aromatic nitrogens is 5. The number of fused-ring (bicyclic) bond motifs is 2. The van der Waals surface area contributed by atoms with Crippen molar-refractivity contribution in [3.05, 3.63) is 71.3 Å². The molecule has 4 heterocycles. The number of hydrogen-bond acceptors (Lipinski definition) is 6. The molecule has 0 unspecified atom stereocenters. The number of H-pyrrole nitrogens is 2. The molecule has 1 amide bonds. The molecule has 0 radical (unpaired) electrons. The predicted octanol–water partition coefficient (Wildman–Crippen LogP) is 3.67. The lowest BCUT2D eigenvalue weighted by Gasteiger charge is -2.35. The number of aromatic amines is 2. The molecular formula is C27H25F3N8O2. The third kappa shape index (κ3) is 4.79. The van der Waals surface area contributed by atoms with Crippen molar-refractivity contribution in [1.82, 2.24) is 34.5 Å². The second kappa shape index (κ2) is 9.52. The summed E-state index contributed by atoms with van der Waals surface area (Å²) in [6, 6.07) is 12.2. The fraction of sp³-hybridized carbons (Fsp3) is 0.259. The number of carbonyl (C=O) groups is 2. The number of nitrogen functional groups attached to an aromatic ring is 1. The summed E-state index contributed by atoms with van der Waals surface area (Å²) in [5.41, 5.74) is 10.2. The van der Waals surface area contributed by atoms with Crippen molar-refractivity contribution in [2.24, 2.45) is 0 Å². The van der Waals surface area contributed by atoms with Crippen LogP contribution in [0.5, 0.6) is 0 Å². The predicted molar refractivity (Wildman–Crippen MR) is 142 cm³/mol. The van der Waals surface area contributed by atoms with Gasteiger partial charge in [0.25, 0.3) is 5.91 Å². The molecule has 0 bridgehead atoms. The fourth-order valence-electron chi connectivity index (χ4n) is 5.07. The summed E-state index contributed by atoms with van der Waals surface area (Å²) in [4.78, 5) is 39.9. The molecule has 3 aromatic heterocycles. The third-order valence-corrected chi connectivity index (χ3v) is 7.06. The molecule has 2 aromatic carbocycles. The highest BCUT2D eigenvalue weighted by atomic mass is 19.4. The second-order valence-electron chi connectivity index (χ2n) is 9.88. The van der Waals surface area contributed by atoms with Crippen molar-refractivity contribution < 1.29 is 22.8 Å². The van der Waals surface area contributed by atoms with Gasteiger partial charge in [0, 0.05) is 42.6 Å². The maximum absolute atomic E-state index is 13.4. The van der Waals surface area contributed by atoms with Gasteiger partial charge in [0.05, 0.1) is 40.7 Å². The zero-order valence-electron chi connectivity index (χ0n) is 21.4. The maximum Gasteiger partial charge on any atom is 0.401 e. The smallest absolute Gasteiger partial charge is 0.383 e. The first kappa shape index (κ1) is 25.6.